The van der Waals surface area contributed by atoms with Crippen LogP contribution in [0.3, 0.4) is 0 Å². The van der Waals surface area contributed by atoms with Crippen LogP contribution in [0.2, 0.25) is 5.02 Å². The number of furan rings is 1. The second-order valence-corrected chi connectivity index (χ2v) is 6.24. The standard InChI is InChI=1S/C17H20ClNO2/c1-12-8-9-13(21-12)10-16(20)19-11-17(2,3)14-6-4-5-7-15(14)18/h4-9H,10-11H2,1-3H3,(H,19,20). The fraction of sp³-hybridized carbons (Fsp3) is 0.353. The summed E-state index contributed by atoms with van der Waals surface area (Å²) in [7, 11) is 0. The van der Waals surface area contributed by atoms with Gasteiger partial charge in [-0.05, 0) is 30.7 Å². The van der Waals surface area contributed by atoms with E-state index in [0.29, 0.717) is 12.3 Å². The van der Waals surface area contributed by atoms with Gasteiger partial charge in [-0.1, -0.05) is 43.6 Å². The van der Waals surface area contributed by atoms with Crippen molar-refractivity contribution in [1.29, 1.82) is 0 Å². The lowest BCUT2D eigenvalue weighted by atomic mass is 9.84. The number of carbonyl (C=O) groups is 1. The number of amides is 1. The Bertz CT molecular complexity index is 631. The molecule has 2 aromatic rings. The molecule has 3 nitrogen and oxygen atoms in total. The van der Waals surface area contributed by atoms with Crippen LogP contribution in [0.5, 0.6) is 0 Å². The van der Waals surface area contributed by atoms with Crippen molar-refractivity contribution in [3.8, 4) is 0 Å². The summed E-state index contributed by atoms with van der Waals surface area (Å²) in [5.41, 5.74) is 0.799. The van der Waals surface area contributed by atoms with Gasteiger partial charge in [0.1, 0.15) is 11.5 Å². The van der Waals surface area contributed by atoms with Crippen LogP contribution >= 0.6 is 11.6 Å². The number of benzene rings is 1. The van der Waals surface area contributed by atoms with Gasteiger partial charge in [0.05, 0.1) is 6.42 Å². The Kier molecular flexibility index (Phi) is 4.73. The summed E-state index contributed by atoms with van der Waals surface area (Å²) in [4.78, 5) is 12.0. The Balaban J connectivity index is 1.95. The van der Waals surface area contributed by atoms with E-state index in [4.69, 9.17) is 16.0 Å². The summed E-state index contributed by atoms with van der Waals surface area (Å²) < 4.78 is 5.41. The van der Waals surface area contributed by atoms with E-state index in [1.54, 1.807) is 0 Å². The van der Waals surface area contributed by atoms with Gasteiger partial charge >= 0.3 is 0 Å². The van der Waals surface area contributed by atoms with Crippen molar-refractivity contribution in [2.24, 2.45) is 0 Å². The molecule has 112 valence electrons. The van der Waals surface area contributed by atoms with Gasteiger partial charge in [-0.3, -0.25) is 4.79 Å². The van der Waals surface area contributed by atoms with Gasteiger partial charge in [-0.15, -0.1) is 0 Å². The van der Waals surface area contributed by atoms with Gasteiger partial charge in [0.25, 0.3) is 0 Å². The first kappa shape index (κ1) is 15.6. The maximum absolute atomic E-state index is 12.0. The molecule has 0 aliphatic rings. The molecule has 0 saturated heterocycles. The molecule has 1 aromatic carbocycles. The minimum absolute atomic E-state index is 0.0514. The summed E-state index contributed by atoms with van der Waals surface area (Å²) in [6, 6.07) is 11.4. The topological polar surface area (TPSA) is 42.2 Å². The molecule has 0 aliphatic carbocycles. The van der Waals surface area contributed by atoms with Crippen LogP contribution in [-0.2, 0) is 16.6 Å². The lowest BCUT2D eigenvalue weighted by Crippen LogP contribution is -2.37. The van der Waals surface area contributed by atoms with Gasteiger partial charge < -0.3 is 9.73 Å². The number of nitrogens with one attached hydrogen (secondary N) is 1. The second kappa shape index (κ2) is 6.35. The van der Waals surface area contributed by atoms with Crippen molar-refractivity contribution < 1.29 is 9.21 Å². The van der Waals surface area contributed by atoms with Crippen molar-refractivity contribution in [2.45, 2.75) is 32.6 Å². The quantitative estimate of drug-likeness (QED) is 0.911. The van der Waals surface area contributed by atoms with Crippen molar-refractivity contribution in [3.05, 3.63) is 58.5 Å². The molecule has 1 heterocycles. The van der Waals surface area contributed by atoms with Crippen LogP contribution in [0.25, 0.3) is 0 Å². The highest BCUT2D eigenvalue weighted by Gasteiger charge is 2.23. The summed E-state index contributed by atoms with van der Waals surface area (Å²) in [5.74, 6) is 1.44. The van der Waals surface area contributed by atoms with Crippen LogP contribution in [0.15, 0.2) is 40.8 Å². The number of carbonyl (C=O) groups excluding carboxylic acids is 1. The summed E-state index contributed by atoms with van der Waals surface area (Å²) in [6.45, 7) is 6.51. The van der Waals surface area contributed by atoms with Crippen molar-refractivity contribution in [2.75, 3.05) is 6.54 Å². The number of aryl methyl sites for hydroxylation is 1. The molecule has 0 aliphatic heterocycles. The zero-order chi connectivity index (χ0) is 15.5. The minimum atomic E-state index is -0.229. The monoisotopic (exact) mass is 305 g/mol. The predicted octanol–water partition coefficient (Wildman–Crippen LogP) is 3.88. The van der Waals surface area contributed by atoms with Gasteiger partial charge in [-0.25, -0.2) is 0 Å². The van der Waals surface area contributed by atoms with E-state index in [1.807, 2.05) is 43.3 Å². The molecule has 0 fully saturated rings. The fourth-order valence-electron chi connectivity index (χ4n) is 2.23. The fourth-order valence-corrected chi connectivity index (χ4v) is 2.62. The van der Waals surface area contributed by atoms with Crippen molar-refractivity contribution in [1.82, 2.24) is 5.32 Å². The molecular weight excluding hydrogens is 286 g/mol. The van der Waals surface area contributed by atoms with E-state index in [9.17, 15) is 4.79 Å². The maximum atomic E-state index is 12.0. The molecule has 0 radical (unpaired) electrons. The summed E-state index contributed by atoms with van der Waals surface area (Å²) in [5, 5.41) is 3.67. The van der Waals surface area contributed by atoms with Crippen molar-refractivity contribution >= 4 is 17.5 Å². The lowest BCUT2D eigenvalue weighted by Gasteiger charge is -2.26. The van der Waals surface area contributed by atoms with E-state index in [1.165, 1.54) is 0 Å². The highest BCUT2D eigenvalue weighted by molar-refractivity contribution is 6.31. The lowest BCUT2D eigenvalue weighted by molar-refractivity contribution is -0.120. The molecule has 1 N–H and O–H groups in total. The molecule has 1 aromatic heterocycles. The molecule has 0 saturated carbocycles. The largest absolute Gasteiger partial charge is 0.466 e. The zero-order valence-corrected chi connectivity index (χ0v) is 13.3. The van der Waals surface area contributed by atoms with E-state index in [-0.39, 0.29) is 17.7 Å². The number of hydrogen-bond acceptors (Lipinski definition) is 2. The first-order chi connectivity index (χ1) is 9.88. The summed E-state index contributed by atoms with van der Waals surface area (Å²) >= 11 is 6.23. The number of rotatable bonds is 5. The molecule has 4 heteroatoms. The third-order valence-corrected chi connectivity index (χ3v) is 3.79. The molecule has 1 amide bonds. The maximum Gasteiger partial charge on any atom is 0.227 e. The van der Waals surface area contributed by atoms with Crippen LogP contribution in [-0.4, -0.2) is 12.5 Å². The third-order valence-electron chi connectivity index (χ3n) is 3.46. The molecule has 0 spiro atoms. The van der Waals surface area contributed by atoms with Crippen molar-refractivity contribution in [3.63, 3.8) is 0 Å². The van der Waals surface area contributed by atoms with E-state index >= 15 is 0 Å². The number of hydrogen-bond donors (Lipinski definition) is 1. The van der Waals surface area contributed by atoms with E-state index in [2.05, 4.69) is 19.2 Å². The Hall–Kier alpha value is -1.74. The molecular formula is C17H20ClNO2. The van der Waals surface area contributed by atoms with E-state index < -0.39 is 0 Å². The highest BCUT2D eigenvalue weighted by atomic mass is 35.5. The predicted molar refractivity (Wildman–Crippen MR) is 84.6 cm³/mol. The Morgan fingerprint density at radius 3 is 2.57 bits per heavy atom. The second-order valence-electron chi connectivity index (χ2n) is 5.83. The third kappa shape index (κ3) is 4.11. The van der Waals surface area contributed by atoms with Gasteiger partial charge in [0, 0.05) is 17.0 Å². The zero-order valence-electron chi connectivity index (χ0n) is 12.6. The van der Waals surface area contributed by atoms with Crippen LogP contribution in [0.1, 0.15) is 30.9 Å². The smallest absolute Gasteiger partial charge is 0.227 e. The Morgan fingerprint density at radius 1 is 1.24 bits per heavy atom. The van der Waals surface area contributed by atoms with Crippen LogP contribution < -0.4 is 5.32 Å². The molecule has 0 atom stereocenters. The molecule has 0 bridgehead atoms. The highest BCUT2D eigenvalue weighted by Crippen LogP contribution is 2.29. The normalized spacial score (nSPS) is 11.4. The Morgan fingerprint density at radius 2 is 1.95 bits per heavy atom. The molecule has 21 heavy (non-hydrogen) atoms. The van der Waals surface area contributed by atoms with Gasteiger partial charge in [-0.2, -0.15) is 0 Å². The number of halogens is 1. The average Bonchev–Trinajstić information content (AvgIpc) is 2.82. The summed E-state index contributed by atoms with van der Waals surface area (Å²) in [6.07, 6.45) is 0.256. The first-order valence-electron chi connectivity index (χ1n) is 6.95. The average molecular weight is 306 g/mol. The van der Waals surface area contributed by atoms with Crippen LogP contribution in [0, 0.1) is 6.92 Å². The molecule has 2 rings (SSSR count). The first-order valence-corrected chi connectivity index (χ1v) is 7.33. The minimum Gasteiger partial charge on any atom is -0.466 e. The van der Waals surface area contributed by atoms with Gasteiger partial charge in [0.15, 0.2) is 0 Å². The SMILES string of the molecule is Cc1ccc(CC(=O)NCC(C)(C)c2ccccc2Cl)o1. The molecule has 0 unspecified atom stereocenters. The Labute approximate surface area is 130 Å². The van der Waals surface area contributed by atoms with E-state index in [0.717, 1.165) is 16.3 Å². The van der Waals surface area contributed by atoms with Gasteiger partial charge in [0.2, 0.25) is 5.91 Å². The van der Waals surface area contributed by atoms with Crippen LogP contribution in [0.4, 0.5) is 0 Å².